The van der Waals surface area contributed by atoms with Gasteiger partial charge in [-0.3, -0.25) is 14.5 Å². The zero-order valence-corrected chi connectivity index (χ0v) is 14.4. The molecule has 0 atom stereocenters. The molecule has 1 fully saturated rings. The number of aliphatic imine (C=N–C) groups is 1. The van der Waals surface area contributed by atoms with Gasteiger partial charge in [0.1, 0.15) is 5.82 Å². The first kappa shape index (κ1) is 18.6. The second-order valence-electron chi connectivity index (χ2n) is 6.22. The van der Waals surface area contributed by atoms with E-state index in [9.17, 15) is 8.78 Å². The normalized spacial score (nSPS) is 17.3. The fourth-order valence-electron chi connectivity index (χ4n) is 2.62. The maximum Gasteiger partial charge on any atom is 0.319 e. The molecule has 2 heterocycles. The molecule has 0 spiro atoms. The molecule has 1 aromatic rings. The molecule has 9 heteroatoms. The highest BCUT2D eigenvalue weighted by atomic mass is 19.3. The number of nitrogens with zero attached hydrogens (tertiary/aromatic N) is 4. The number of ether oxygens (including phenoxy) is 1. The van der Waals surface area contributed by atoms with Gasteiger partial charge < -0.3 is 15.4 Å². The van der Waals surface area contributed by atoms with E-state index in [2.05, 4.69) is 39.4 Å². The van der Waals surface area contributed by atoms with E-state index in [1.165, 1.54) is 12.4 Å². The number of hydrogen-bond donors (Lipinski definition) is 2. The molecule has 0 saturated carbocycles. The first-order chi connectivity index (χ1) is 11.4. The van der Waals surface area contributed by atoms with E-state index >= 15 is 0 Å². The summed E-state index contributed by atoms with van der Waals surface area (Å²) in [6, 6.07) is 0. The van der Waals surface area contributed by atoms with E-state index in [0.717, 1.165) is 30.9 Å². The second-order valence-corrected chi connectivity index (χ2v) is 6.22. The summed E-state index contributed by atoms with van der Waals surface area (Å²) < 4.78 is 31.8. The Labute approximate surface area is 141 Å². The molecule has 2 N–H and O–H groups in total. The smallest absolute Gasteiger partial charge is 0.319 e. The molecular formula is C15H26F2N6O. The van der Waals surface area contributed by atoms with Crippen LogP contribution in [0.25, 0.3) is 0 Å². The van der Waals surface area contributed by atoms with E-state index < -0.39 is 6.55 Å². The maximum absolute atomic E-state index is 12.8. The predicted octanol–water partition coefficient (Wildman–Crippen LogP) is 1.05. The van der Waals surface area contributed by atoms with E-state index in [0.29, 0.717) is 12.5 Å². The van der Waals surface area contributed by atoms with Crippen LogP contribution in [-0.4, -0.2) is 65.8 Å². The topological polar surface area (TPSA) is 66.7 Å². The fraction of sp³-hybridized carbons (Fsp3) is 0.733. The predicted molar refractivity (Wildman–Crippen MR) is 88.2 cm³/mol. The summed E-state index contributed by atoms with van der Waals surface area (Å²) in [7, 11) is 1.65. The molecule has 0 aromatic carbocycles. The van der Waals surface area contributed by atoms with E-state index in [1.807, 2.05) is 0 Å². The zero-order chi connectivity index (χ0) is 17.6. The first-order valence-corrected chi connectivity index (χ1v) is 8.01. The fourth-order valence-corrected chi connectivity index (χ4v) is 2.62. The third kappa shape index (κ3) is 4.88. The molecule has 0 unspecified atom stereocenters. The Kier molecular flexibility index (Phi) is 6.50. The summed E-state index contributed by atoms with van der Waals surface area (Å²) in [6.07, 6.45) is 2.63. The number of aromatic nitrogens is 2. The van der Waals surface area contributed by atoms with Gasteiger partial charge in [-0.1, -0.05) is 0 Å². The van der Waals surface area contributed by atoms with Crippen molar-refractivity contribution in [3.05, 3.63) is 18.2 Å². The third-order valence-electron chi connectivity index (χ3n) is 4.15. The standard InChI is InChI=1S/C15H26F2N6O/c1-15(2,22-6-8-24-9-7-22)11-21-14(18-3)20-10-12-19-4-5-23(12)13(16)17/h4-5,13H,6-11H2,1-3H3,(H2,18,20,21). The van der Waals surface area contributed by atoms with Crippen LogP contribution in [-0.2, 0) is 11.3 Å². The largest absolute Gasteiger partial charge is 0.379 e. The minimum absolute atomic E-state index is 0.0666. The highest BCUT2D eigenvalue weighted by Crippen LogP contribution is 2.15. The third-order valence-corrected chi connectivity index (χ3v) is 4.15. The molecular weight excluding hydrogens is 318 g/mol. The molecule has 1 saturated heterocycles. The van der Waals surface area contributed by atoms with Gasteiger partial charge in [-0.25, -0.2) is 4.98 Å². The van der Waals surface area contributed by atoms with Gasteiger partial charge in [0.2, 0.25) is 0 Å². The van der Waals surface area contributed by atoms with Crippen molar-refractivity contribution >= 4 is 5.96 Å². The Morgan fingerprint density at radius 1 is 1.38 bits per heavy atom. The number of hydrogen-bond acceptors (Lipinski definition) is 4. The lowest BCUT2D eigenvalue weighted by atomic mass is 10.0. The van der Waals surface area contributed by atoms with Crippen LogP contribution < -0.4 is 10.6 Å². The summed E-state index contributed by atoms with van der Waals surface area (Å²) in [5.74, 6) is 0.820. The van der Waals surface area contributed by atoms with Gasteiger partial charge in [0, 0.05) is 44.6 Å². The van der Waals surface area contributed by atoms with Crippen LogP contribution in [0.1, 0.15) is 26.2 Å². The minimum atomic E-state index is -2.60. The van der Waals surface area contributed by atoms with Crippen molar-refractivity contribution in [1.82, 2.24) is 25.1 Å². The number of guanidine groups is 1. The molecule has 0 amide bonds. The summed E-state index contributed by atoms with van der Waals surface area (Å²) >= 11 is 0. The van der Waals surface area contributed by atoms with Crippen molar-refractivity contribution in [2.45, 2.75) is 32.5 Å². The quantitative estimate of drug-likeness (QED) is 0.597. The van der Waals surface area contributed by atoms with Crippen LogP contribution >= 0.6 is 0 Å². The van der Waals surface area contributed by atoms with Gasteiger partial charge in [-0.05, 0) is 13.8 Å². The number of morpholine rings is 1. The molecule has 1 aliphatic heterocycles. The van der Waals surface area contributed by atoms with Crippen LogP contribution in [0.4, 0.5) is 8.78 Å². The number of nitrogens with one attached hydrogen (secondary N) is 2. The lowest BCUT2D eigenvalue weighted by Crippen LogP contribution is -2.56. The summed E-state index contributed by atoms with van der Waals surface area (Å²) in [4.78, 5) is 10.4. The molecule has 0 aliphatic carbocycles. The van der Waals surface area contributed by atoms with E-state index in [1.54, 1.807) is 7.05 Å². The molecule has 136 valence electrons. The van der Waals surface area contributed by atoms with Gasteiger partial charge in [-0.2, -0.15) is 8.78 Å². The molecule has 1 aliphatic rings. The average molecular weight is 344 g/mol. The van der Waals surface area contributed by atoms with Gasteiger partial charge in [0.25, 0.3) is 0 Å². The molecule has 0 bridgehead atoms. The van der Waals surface area contributed by atoms with Crippen molar-refractivity contribution in [3.63, 3.8) is 0 Å². The molecule has 0 radical (unpaired) electrons. The van der Waals surface area contributed by atoms with Crippen LogP contribution in [0.2, 0.25) is 0 Å². The Balaban J connectivity index is 1.84. The lowest BCUT2D eigenvalue weighted by Gasteiger charge is -2.41. The van der Waals surface area contributed by atoms with Crippen molar-refractivity contribution in [2.24, 2.45) is 4.99 Å². The van der Waals surface area contributed by atoms with Gasteiger partial charge in [-0.15, -0.1) is 0 Å². The maximum atomic E-state index is 12.8. The van der Waals surface area contributed by atoms with Crippen LogP contribution in [0.15, 0.2) is 17.4 Å². The summed E-state index contributed by atoms with van der Waals surface area (Å²) in [6.45, 7) is 5.84. The number of alkyl halides is 2. The van der Waals surface area contributed by atoms with Gasteiger partial charge in [0.05, 0.1) is 19.8 Å². The molecule has 2 rings (SSSR count). The monoisotopic (exact) mass is 344 g/mol. The number of imidazole rings is 1. The molecule has 24 heavy (non-hydrogen) atoms. The summed E-state index contributed by atoms with van der Waals surface area (Å²) in [5, 5.41) is 6.27. The molecule has 7 nitrogen and oxygen atoms in total. The van der Waals surface area contributed by atoms with Gasteiger partial charge in [0.15, 0.2) is 5.96 Å². The minimum Gasteiger partial charge on any atom is -0.379 e. The van der Waals surface area contributed by atoms with Crippen molar-refractivity contribution in [1.29, 1.82) is 0 Å². The first-order valence-electron chi connectivity index (χ1n) is 8.01. The van der Waals surface area contributed by atoms with Gasteiger partial charge >= 0.3 is 6.55 Å². The Hall–Kier alpha value is -1.74. The Morgan fingerprint density at radius 2 is 2.08 bits per heavy atom. The highest BCUT2D eigenvalue weighted by molar-refractivity contribution is 5.79. The Morgan fingerprint density at radius 3 is 2.71 bits per heavy atom. The molecule has 1 aromatic heterocycles. The van der Waals surface area contributed by atoms with E-state index in [-0.39, 0.29) is 17.9 Å². The van der Waals surface area contributed by atoms with Crippen molar-refractivity contribution in [3.8, 4) is 0 Å². The van der Waals surface area contributed by atoms with E-state index in [4.69, 9.17) is 4.74 Å². The number of rotatable bonds is 6. The lowest BCUT2D eigenvalue weighted by molar-refractivity contribution is -0.00834. The second kappa shape index (κ2) is 8.39. The highest BCUT2D eigenvalue weighted by Gasteiger charge is 2.28. The van der Waals surface area contributed by atoms with Crippen molar-refractivity contribution in [2.75, 3.05) is 39.9 Å². The SMILES string of the molecule is CN=C(NCc1nccn1C(F)F)NCC(C)(C)N1CCOCC1. The average Bonchev–Trinajstić information content (AvgIpc) is 3.04. The van der Waals surface area contributed by atoms with Crippen LogP contribution in [0, 0.1) is 0 Å². The van der Waals surface area contributed by atoms with Crippen LogP contribution in [0.3, 0.4) is 0 Å². The Bertz CT molecular complexity index is 540. The zero-order valence-electron chi connectivity index (χ0n) is 14.4. The number of halogens is 2. The van der Waals surface area contributed by atoms with Crippen LogP contribution in [0.5, 0.6) is 0 Å². The van der Waals surface area contributed by atoms with Crippen molar-refractivity contribution < 1.29 is 13.5 Å². The summed E-state index contributed by atoms with van der Waals surface area (Å²) in [5.41, 5.74) is -0.0666.